The van der Waals surface area contributed by atoms with Gasteiger partial charge in [0.2, 0.25) is 0 Å². The van der Waals surface area contributed by atoms with Crippen molar-refractivity contribution in [3.05, 3.63) is 0 Å². The van der Waals surface area contributed by atoms with Crippen LogP contribution in [-0.2, 0) is 0 Å². The highest BCUT2D eigenvalue weighted by Crippen LogP contribution is -2.99. The molecule has 0 N–H and O–H groups in total. The minimum absolute atomic E-state index is 0. The summed E-state index contributed by atoms with van der Waals surface area (Å²) in [6.45, 7) is 0. The molecule has 0 aliphatic carbocycles. The molecular weight excluding hydrogens is 177 g/mol. The van der Waals surface area contributed by atoms with Gasteiger partial charge in [-0.2, -0.15) is 0 Å². The maximum atomic E-state index is 0. The van der Waals surface area contributed by atoms with Crippen LogP contribution in [0.4, 0.5) is 0 Å². The molecule has 0 saturated heterocycles. The van der Waals surface area contributed by atoms with Crippen LogP contribution in [-0.4, -0.2) is 0 Å². The van der Waals surface area contributed by atoms with E-state index in [1.807, 2.05) is 0 Å². The van der Waals surface area contributed by atoms with Gasteiger partial charge in [-0.15, -0.1) is 0 Å². The van der Waals surface area contributed by atoms with Crippen LogP contribution >= 0.6 is 0 Å². The Morgan fingerprint density at radius 2 is 0.200 bits per heavy atom. The van der Waals surface area contributed by atoms with Gasteiger partial charge in [0, 0.05) is 0 Å². The minimum atomic E-state index is 0. The molecule has 0 aliphatic heterocycles. The number of halogens is 5. The first kappa shape index (κ1) is 91.1. The lowest BCUT2D eigenvalue weighted by Gasteiger charge is -1.00. The monoisotopic (exact) mass is 175 g/mol. The van der Waals surface area contributed by atoms with Gasteiger partial charge in [-0.05, 0) is 0 Å². The summed E-state index contributed by atoms with van der Waals surface area (Å²) in [5, 5.41) is 0. The third-order valence-corrected chi connectivity index (χ3v) is 0. The van der Waals surface area contributed by atoms with Crippen molar-refractivity contribution < 1.29 is 62.0 Å². The molecule has 0 spiro atoms. The summed E-state index contributed by atoms with van der Waals surface area (Å²) in [5.74, 6) is 0. The highest BCUT2D eigenvalue weighted by atomic mass is 35.5. The average Bonchev–Trinajstić information content (AvgIpc) is 0. The normalized spacial score (nSPS) is 0. The van der Waals surface area contributed by atoms with Crippen LogP contribution < -0.4 is 62.0 Å². The molecule has 5 heteroatoms. The first-order valence-electron chi connectivity index (χ1n) is 0. The zero-order chi connectivity index (χ0) is 0. The Balaban J connectivity index is 0. The van der Waals surface area contributed by atoms with Gasteiger partial charge in [0.05, 0.1) is 0 Å². The van der Waals surface area contributed by atoms with Crippen molar-refractivity contribution in [3.63, 3.8) is 0 Å². The summed E-state index contributed by atoms with van der Waals surface area (Å²) in [4.78, 5) is 0. The van der Waals surface area contributed by atoms with Crippen molar-refractivity contribution in [3.8, 4) is 0 Å². The summed E-state index contributed by atoms with van der Waals surface area (Å²) in [5.41, 5.74) is 0. The molecule has 0 rings (SSSR count). The van der Waals surface area contributed by atoms with Crippen LogP contribution in [0.2, 0.25) is 0 Å². The summed E-state index contributed by atoms with van der Waals surface area (Å²) in [6.07, 6.45) is 0. The van der Waals surface area contributed by atoms with Crippen LogP contribution in [0.15, 0.2) is 0 Å². The van der Waals surface area contributed by atoms with Crippen molar-refractivity contribution in [1.82, 2.24) is 0 Å². The summed E-state index contributed by atoms with van der Waals surface area (Å²) in [6, 6.07) is 0. The maximum absolute atomic E-state index is 0. The molecular formula is Cl5-5. The second-order valence-electron chi connectivity index (χ2n) is 0. The molecule has 0 aliphatic rings. The Labute approximate surface area is 62.1 Å². The smallest absolute Gasteiger partial charge is 1.00 e. The minimum Gasteiger partial charge on any atom is -1.00 e. The Bertz CT molecular complexity index is 0. The van der Waals surface area contributed by atoms with E-state index in [-0.39, 0.29) is 62.0 Å². The van der Waals surface area contributed by atoms with Gasteiger partial charge in [-0.1, -0.05) is 0 Å². The van der Waals surface area contributed by atoms with Gasteiger partial charge in [-0.25, -0.2) is 0 Å². The van der Waals surface area contributed by atoms with Gasteiger partial charge in [0.25, 0.3) is 0 Å². The second-order valence-corrected chi connectivity index (χ2v) is 0. The standard InChI is InChI=1S/5ClH/h5*1H/p-5. The first-order valence-corrected chi connectivity index (χ1v) is 0. The van der Waals surface area contributed by atoms with E-state index in [2.05, 4.69) is 0 Å². The third-order valence-electron chi connectivity index (χ3n) is 0. The van der Waals surface area contributed by atoms with E-state index < -0.39 is 0 Å². The fourth-order valence-corrected chi connectivity index (χ4v) is 0. The van der Waals surface area contributed by atoms with Gasteiger partial charge in [0.1, 0.15) is 0 Å². The molecule has 0 bridgehead atoms. The van der Waals surface area contributed by atoms with E-state index in [1.165, 1.54) is 0 Å². The molecule has 0 saturated carbocycles. The molecule has 0 heterocycles. The molecule has 0 amide bonds. The van der Waals surface area contributed by atoms with Crippen LogP contribution in [0.25, 0.3) is 0 Å². The first-order chi connectivity index (χ1) is 0. The van der Waals surface area contributed by atoms with E-state index in [1.54, 1.807) is 0 Å². The Hall–Kier alpha value is 1.45. The van der Waals surface area contributed by atoms with Gasteiger partial charge in [0.15, 0.2) is 0 Å². The second kappa shape index (κ2) is 51.3. The predicted molar refractivity (Wildman–Crippen MR) is 0 cm³/mol. The van der Waals surface area contributed by atoms with E-state index in [4.69, 9.17) is 0 Å². The average molecular weight is 177 g/mol. The molecule has 0 aromatic carbocycles. The lowest BCUT2D eigenvalue weighted by Crippen LogP contribution is -3.00. The van der Waals surface area contributed by atoms with E-state index >= 15 is 0 Å². The molecule has 0 unspecified atom stereocenters. The number of hydrogen-bond donors (Lipinski definition) is 0. The SMILES string of the molecule is [Cl-].[Cl-].[Cl-].[Cl-].[Cl-]. The molecule has 0 radical (unpaired) electrons. The Morgan fingerprint density at radius 3 is 0.200 bits per heavy atom. The fraction of sp³-hybridized carbons (Fsp3) is 0. The number of rotatable bonds is 0. The van der Waals surface area contributed by atoms with E-state index in [0.717, 1.165) is 0 Å². The molecule has 0 aromatic rings. The van der Waals surface area contributed by atoms with Crippen molar-refractivity contribution in [2.75, 3.05) is 0 Å². The highest BCUT2D eigenvalue weighted by molar-refractivity contribution is 0.00400. The fourth-order valence-electron chi connectivity index (χ4n) is 0. The van der Waals surface area contributed by atoms with Crippen molar-refractivity contribution in [2.24, 2.45) is 0 Å². The van der Waals surface area contributed by atoms with Gasteiger partial charge >= 0.3 is 0 Å². The van der Waals surface area contributed by atoms with E-state index in [9.17, 15) is 0 Å². The molecule has 0 aromatic heterocycles. The molecule has 5 heavy (non-hydrogen) atoms. The van der Waals surface area contributed by atoms with Crippen molar-refractivity contribution in [2.45, 2.75) is 0 Å². The lowest BCUT2D eigenvalue weighted by atomic mass is 35.5. The molecule has 0 fully saturated rings. The highest BCUT2D eigenvalue weighted by Gasteiger charge is -0.996. The van der Waals surface area contributed by atoms with E-state index in [0.29, 0.717) is 0 Å². The summed E-state index contributed by atoms with van der Waals surface area (Å²) < 4.78 is 0. The van der Waals surface area contributed by atoms with Crippen LogP contribution in [0.1, 0.15) is 0 Å². The zero-order valence-corrected chi connectivity index (χ0v) is 5.67. The van der Waals surface area contributed by atoms with Gasteiger partial charge < -0.3 is 62.0 Å². The molecule has 40 valence electrons. The van der Waals surface area contributed by atoms with Crippen LogP contribution in [0.5, 0.6) is 0 Å². The van der Waals surface area contributed by atoms with Crippen molar-refractivity contribution >= 4 is 0 Å². The van der Waals surface area contributed by atoms with Crippen LogP contribution in [0, 0.1) is 0 Å². The summed E-state index contributed by atoms with van der Waals surface area (Å²) in [7, 11) is 0. The molecule has 0 atom stereocenters. The molecule has 0 nitrogen and oxygen atoms in total. The predicted octanol–water partition coefficient (Wildman–Crippen LogP) is -15.0. The van der Waals surface area contributed by atoms with Crippen molar-refractivity contribution in [1.29, 1.82) is 0 Å². The van der Waals surface area contributed by atoms with Crippen LogP contribution in [0.3, 0.4) is 0 Å². The Kier molecular flexibility index (Phi) is 935. The Morgan fingerprint density at radius 1 is 0.200 bits per heavy atom. The van der Waals surface area contributed by atoms with Gasteiger partial charge in [-0.3, -0.25) is 0 Å². The largest absolute Gasteiger partial charge is 1.00 e. The third kappa shape index (κ3) is 30.9. The topological polar surface area (TPSA) is 0 Å². The zero-order valence-electron chi connectivity index (χ0n) is 1.89. The summed E-state index contributed by atoms with van der Waals surface area (Å²) >= 11 is 0. The maximum Gasteiger partial charge on any atom is -1.00 e. The lowest BCUT2D eigenvalue weighted by molar-refractivity contribution is -0.00100. The quantitative estimate of drug-likeness (QED) is 0.345. The number of hydrogen-bond acceptors (Lipinski definition) is 0.